The van der Waals surface area contributed by atoms with Gasteiger partial charge >= 0.3 is 0 Å². The van der Waals surface area contributed by atoms with Gasteiger partial charge in [0.1, 0.15) is 0 Å². The molecular weight excluding hydrogens is 224 g/mol. The van der Waals surface area contributed by atoms with Gasteiger partial charge in [0.25, 0.3) is 0 Å². The molecule has 3 nitrogen and oxygen atoms in total. The van der Waals surface area contributed by atoms with Gasteiger partial charge in [0.05, 0.1) is 6.61 Å². The van der Waals surface area contributed by atoms with E-state index in [1.54, 1.807) is 0 Å². The van der Waals surface area contributed by atoms with E-state index in [-0.39, 0.29) is 12.6 Å². The van der Waals surface area contributed by atoms with Crippen molar-refractivity contribution in [3.8, 4) is 0 Å². The first-order valence-corrected chi connectivity index (χ1v) is 6.62. The van der Waals surface area contributed by atoms with Gasteiger partial charge < -0.3 is 15.3 Å². The molecule has 1 aromatic rings. The second-order valence-corrected chi connectivity index (χ2v) is 5.30. The summed E-state index contributed by atoms with van der Waals surface area (Å²) < 4.78 is 0. The van der Waals surface area contributed by atoms with Crippen molar-refractivity contribution in [3.63, 3.8) is 0 Å². The molecule has 18 heavy (non-hydrogen) atoms. The molecule has 0 fully saturated rings. The summed E-state index contributed by atoms with van der Waals surface area (Å²) in [6.07, 6.45) is 0. The Morgan fingerprint density at radius 2 is 1.94 bits per heavy atom. The highest BCUT2D eigenvalue weighted by Crippen LogP contribution is 2.21. The lowest BCUT2D eigenvalue weighted by Gasteiger charge is -2.27. The summed E-state index contributed by atoms with van der Waals surface area (Å²) in [6, 6.07) is 7.15. The summed E-state index contributed by atoms with van der Waals surface area (Å²) in [7, 11) is 2.02. The summed E-state index contributed by atoms with van der Waals surface area (Å²) in [5.74, 6) is 0. The number of hydrogen-bond donors (Lipinski definition) is 2. The number of benzene rings is 1. The number of aliphatic hydroxyl groups excluding tert-OH is 1. The number of hydrogen-bond acceptors (Lipinski definition) is 3. The Labute approximate surface area is 111 Å². The molecule has 0 saturated heterocycles. The lowest BCUT2D eigenvalue weighted by atomic mass is 10.1. The normalized spacial score (nSPS) is 12.8. The van der Waals surface area contributed by atoms with E-state index < -0.39 is 0 Å². The molecule has 1 rings (SSSR count). The Morgan fingerprint density at radius 1 is 1.28 bits per heavy atom. The van der Waals surface area contributed by atoms with Gasteiger partial charge in [-0.1, -0.05) is 26.0 Å². The molecular formula is C15H26N2O. The molecule has 0 heterocycles. The van der Waals surface area contributed by atoms with Gasteiger partial charge in [-0.3, -0.25) is 0 Å². The molecule has 1 aromatic carbocycles. The number of anilines is 1. The molecule has 0 aliphatic heterocycles. The number of aliphatic hydroxyl groups is 1. The third-order valence-corrected chi connectivity index (χ3v) is 3.28. The van der Waals surface area contributed by atoms with E-state index in [0.717, 1.165) is 6.54 Å². The van der Waals surface area contributed by atoms with Crippen LogP contribution in [0, 0.1) is 6.92 Å². The Morgan fingerprint density at radius 3 is 2.44 bits per heavy atom. The molecule has 0 aromatic heterocycles. The molecule has 0 aliphatic rings. The Hall–Kier alpha value is -1.06. The van der Waals surface area contributed by atoms with Crippen molar-refractivity contribution in [2.75, 3.05) is 18.6 Å². The number of rotatable bonds is 6. The van der Waals surface area contributed by atoms with Crippen molar-refractivity contribution < 1.29 is 5.11 Å². The fraction of sp³-hybridized carbons (Fsp3) is 0.600. The summed E-state index contributed by atoms with van der Waals surface area (Å²) in [5, 5.41) is 12.6. The third kappa shape index (κ3) is 4.00. The van der Waals surface area contributed by atoms with Crippen molar-refractivity contribution in [2.24, 2.45) is 0 Å². The average Bonchev–Trinajstić information content (AvgIpc) is 2.34. The molecule has 1 atom stereocenters. The quantitative estimate of drug-likeness (QED) is 0.813. The predicted octanol–water partition coefficient (Wildman–Crippen LogP) is 2.31. The summed E-state index contributed by atoms with van der Waals surface area (Å²) in [4.78, 5) is 2.12. The van der Waals surface area contributed by atoms with Crippen LogP contribution in [0.3, 0.4) is 0 Å². The maximum absolute atomic E-state index is 9.21. The molecule has 2 N–H and O–H groups in total. The zero-order chi connectivity index (χ0) is 13.7. The van der Waals surface area contributed by atoms with E-state index in [9.17, 15) is 5.11 Å². The minimum Gasteiger partial charge on any atom is -0.394 e. The first-order chi connectivity index (χ1) is 8.45. The van der Waals surface area contributed by atoms with Crippen molar-refractivity contribution in [3.05, 3.63) is 29.3 Å². The van der Waals surface area contributed by atoms with Crippen LogP contribution < -0.4 is 10.2 Å². The molecule has 0 bridgehead atoms. The van der Waals surface area contributed by atoms with Crippen LogP contribution in [-0.2, 0) is 6.54 Å². The Bertz CT molecular complexity index is 377. The molecule has 0 spiro atoms. The number of nitrogens with zero attached hydrogens (tertiary/aromatic N) is 1. The van der Waals surface area contributed by atoms with Crippen molar-refractivity contribution in [1.82, 2.24) is 5.32 Å². The van der Waals surface area contributed by atoms with E-state index in [1.165, 1.54) is 16.8 Å². The van der Waals surface area contributed by atoms with Gasteiger partial charge in [-0.15, -0.1) is 0 Å². The standard InChI is InChI=1S/C15H26N2O/c1-11(2)16-9-14-6-7-15(12(3)8-14)17(5)13(4)10-18/h6-8,11,13,16,18H,9-10H2,1-5H3. The van der Waals surface area contributed by atoms with Crippen molar-refractivity contribution in [1.29, 1.82) is 0 Å². The Balaban J connectivity index is 2.79. The van der Waals surface area contributed by atoms with Crippen LogP contribution in [0.5, 0.6) is 0 Å². The second-order valence-electron chi connectivity index (χ2n) is 5.30. The van der Waals surface area contributed by atoms with Gasteiger partial charge in [-0.05, 0) is 31.0 Å². The fourth-order valence-corrected chi connectivity index (χ4v) is 1.91. The van der Waals surface area contributed by atoms with Crippen LogP contribution in [0.25, 0.3) is 0 Å². The van der Waals surface area contributed by atoms with Crippen LogP contribution in [0.4, 0.5) is 5.69 Å². The van der Waals surface area contributed by atoms with Gasteiger partial charge in [-0.2, -0.15) is 0 Å². The van der Waals surface area contributed by atoms with Crippen LogP contribution in [0.1, 0.15) is 31.9 Å². The van der Waals surface area contributed by atoms with Crippen LogP contribution >= 0.6 is 0 Å². The van der Waals surface area contributed by atoms with Gasteiger partial charge in [0.2, 0.25) is 0 Å². The minimum absolute atomic E-state index is 0.142. The van der Waals surface area contributed by atoms with E-state index in [1.807, 2.05) is 14.0 Å². The van der Waals surface area contributed by atoms with E-state index in [0.29, 0.717) is 6.04 Å². The van der Waals surface area contributed by atoms with E-state index >= 15 is 0 Å². The molecule has 1 unspecified atom stereocenters. The third-order valence-electron chi connectivity index (χ3n) is 3.28. The van der Waals surface area contributed by atoms with Gasteiger partial charge in [0, 0.05) is 31.4 Å². The number of likely N-dealkylation sites (N-methyl/N-ethyl adjacent to an activating group) is 1. The Kier molecular flexibility index (Phi) is 5.63. The second kappa shape index (κ2) is 6.76. The molecule has 0 saturated carbocycles. The first-order valence-electron chi connectivity index (χ1n) is 6.62. The van der Waals surface area contributed by atoms with Gasteiger partial charge in [0.15, 0.2) is 0 Å². The molecule has 0 amide bonds. The number of aryl methyl sites for hydroxylation is 1. The minimum atomic E-state index is 0.142. The first kappa shape index (κ1) is 15.0. The van der Waals surface area contributed by atoms with E-state index in [2.05, 4.69) is 49.2 Å². The molecule has 3 heteroatoms. The number of nitrogens with one attached hydrogen (secondary N) is 1. The largest absolute Gasteiger partial charge is 0.394 e. The lowest BCUT2D eigenvalue weighted by Crippen LogP contribution is -2.32. The summed E-state index contributed by atoms with van der Waals surface area (Å²) in [5.41, 5.74) is 3.74. The molecule has 0 radical (unpaired) electrons. The summed E-state index contributed by atoms with van der Waals surface area (Å²) >= 11 is 0. The zero-order valence-electron chi connectivity index (χ0n) is 12.2. The maximum Gasteiger partial charge on any atom is 0.0632 e. The predicted molar refractivity (Wildman–Crippen MR) is 78.1 cm³/mol. The zero-order valence-corrected chi connectivity index (χ0v) is 12.2. The van der Waals surface area contributed by atoms with Crippen LogP contribution in [0.2, 0.25) is 0 Å². The highest BCUT2D eigenvalue weighted by molar-refractivity contribution is 5.54. The molecule has 0 aliphatic carbocycles. The monoisotopic (exact) mass is 250 g/mol. The smallest absolute Gasteiger partial charge is 0.0632 e. The fourth-order valence-electron chi connectivity index (χ4n) is 1.91. The maximum atomic E-state index is 9.21. The SMILES string of the molecule is Cc1cc(CNC(C)C)ccc1N(C)C(C)CO. The summed E-state index contributed by atoms with van der Waals surface area (Å²) in [6.45, 7) is 9.52. The van der Waals surface area contributed by atoms with Crippen molar-refractivity contribution >= 4 is 5.69 Å². The molecule has 102 valence electrons. The highest BCUT2D eigenvalue weighted by atomic mass is 16.3. The van der Waals surface area contributed by atoms with E-state index in [4.69, 9.17) is 0 Å². The van der Waals surface area contributed by atoms with Crippen LogP contribution in [-0.4, -0.2) is 30.8 Å². The van der Waals surface area contributed by atoms with Crippen molar-refractivity contribution in [2.45, 2.75) is 46.3 Å². The van der Waals surface area contributed by atoms with Crippen LogP contribution in [0.15, 0.2) is 18.2 Å². The van der Waals surface area contributed by atoms with Gasteiger partial charge in [-0.25, -0.2) is 0 Å². The average molecular weight is 250 g/mol. The highest BCUT2D eigenvalue weighted by Gasteiger charge is 2.11. The topological polar surface area (TPSA) is 35.5 Å². The lowest BCUT2D eigenvalue weighted by molar-refractivity contribution is 0.270.